The molecule has 0 saturated carbocycles. The largest absolute Gasteiger partial charge is 0.316 e. The van der Waals surface area contributed by atoms with Crippen LogP contribution in [0.4, 0.5) is 0 Å². The van der Waals surface area contributed by atoms with E-state index in [1.165, 1.54) is 11.1 Å². The Labute approximate surface area is 126 Å². The molecule has 1 atom stereocenters. The summed E-state index contributed by atoms with van der Waals surface area (Å²) in [4.78, 5) is 0. The number of nitrogens with one attached hydrogen (secondary N) is 1. The minimum absolute atomic E-state index is 0.240. The second-order valence-corrected chi connectivity index (χ2v) is 7.71. The molecular weight excluding hydrogens is 242 g/mol. The van der Waals surface area contributed by atoms with Gasteiger partial charge >= 0.3 is 0 Å². The Kier molecular flexibility index (Phi) is 5.82. The predicted molar refractivity (Wildman–Crippen MR) is 90.3 cm³/mol. The first-order chi connectivity index (χ1) is 9.19. The molecule has 1 heteroatoms. The SMILES string of the molecule is CCNCC(C)(Cc1ccc(C(C)(C)C)cc1)C(C)C. The van der Waals surface area contributed by atoms with E-state index in [2.05, 4.69) is 78.0 Å². The molecular formula is C19H33N. The molecule has 1 nitrogen and oxygen atoms in total. The fraction of sp³-hybridized carbons (Fsp3) is 0.684. The normalized spacial score (nSPS) is 15.4. The number of benzene rings is 1. The van der Waals surface area contributed by atoms with E-state index < -0.39 is 0 Å². The van der Waals surface area contributed by atoms with Crippen LogP contribution in [0.15, 0.2) is 24.3 Å². The van der Waals surface area contributed by atoms with Gasteiger partial charge in [-0.2, -0.15) is 0 Å². The molecule has 1 unspecified atom stereocenters. The lowest BCUT2D eigenvalue weighted by atomic mass is 9.74. The summed E-state index contributed by atoms with van der Waals surface area (Å²) in [6.45, 7) is 18.2. The van der Waals surface area contributed by atoms with Crippen molar-refractivity contribution in [2.75, 3.05) is 13.1 Å². The van der Waals surface area contributed by atoms with Crippen LogP contribution in [0.1, 0.15) is 59.6 Å². The van der Waals surface area contributed by atoms with Crippen molar-refractivity contribution in [1.29, 1.82) is 0 Å². The average Bonchev–Trinajstić information content (AvgIpc) is 2.35. The highest BCUT2D eigenvalue weighted by Gasteiger charge is 2.28. The van der Waals surface area contributed by atoms with Crippen LogP contribution in [-0.2, 0) is 11.8 Å². The number of rotatable bonds is 6. The third-order valence-electron chi connectivity index (χ3n) is 4.60. The molecule has 0 amide bonds. The molecule has 0 fully saturated rings. The molecule has 1 rings (SSSR count). The van der Waals surface area contributed by atoms with Crippen molar-refractivity contribution >= 4 is 0 Å². The van der Waals surface area contributed by atoms with Crippen molar-refractivity contribution < 1.29 is 0 Å². The summed E-state index contributed by atoms with van der Waals surface area (Å²) < 4.78 is 0. The van der Waals surface area contributed by atoms with Gasteiger partial charge in [-0.25, -0.2) is 0 Å². The number of hydrogen-bond acceptors (Lipinski definition) is 1. The van der Waals surface area contributed by atoms with Crippen LogP contribution < -0.4 is 5.32 Å². The summed E-state index contributed by atoms with van der Waals surface area (Å²) >= 11 is 0. The minimum Gasteiger partial charge on any atom is -0.316 e. The highest BCUT2D eigenvalue weighted by molar-refractivity contribution is 5.28. The Morgan fingerprint density at radius 2 is 1.55 bits per heavy atom. The van der Waals surface area contributed by atoms with Crippen LogP contribution in [0, 0.1) is 11.3 Å². The summed E-state index contributed by atoms with van der Waals surface area (Å²) in [5.41, 5.74) is 3.43. The topological polar surface area (TPSA) is 12.0 Å². The molecule has 0 aromatic heterocycles. The molecule has 0 aliphatic rings. The smallest absolute Gasteiger partial charge is 0.00107 e. The maximum absolute atomic E-state index is 3.53. The molecule has 1 aromatic rings. The fourth-order valence-electron chi connectivity index (χ4n) is 2.47. The van der Waals surface area contributed by atoms with Gasteiger partial charge in [-0.15, -0.1) is 0 Å². The van der Waals surface area contributed by atoms with E-state index in [1.54, 1.807) is 0 Å². The van der Waals surface area contributed by atoms with E-state index in [0.717, 1.165) is 19.5 Å². The standard InChI is InChI=1S/C19H33N/c1-8-20-14-19(7,15(2)3)13-16-9-11-17(12-10-16)18(4,5)6/h9-12,15,20H,8,13-14H2,1-7H3. The van der Waals surface area contributed by atoms with Crippen molar-refractivity contribution in [1.82, 2.24) is 5.32 Å². The Bertz CT molecular complexity index is 397. The molecule has 0 heterocycles. The van der Waals surface area contributed by atoms with Gasteiger partial charge in [-0.3, -0.25) is 0 Å². The van der Waals surface area contributed by atoms with Gasteiger partial charge in [0, 0.05) is 6.54 Å². The van der Waals surface area contributed by atoms with E-state index in [1.807, 2.05) is 0 Å². The van der Waals surface area contributed by atoms with Crippen LogP contribution in [0.25, 0.3) is 0 Å². The van der Waals surface area contributed by atoms with E-state index in [-0.39, 0.29) is 5.41 Å². The molecule has 20 heavy (non-hydrogen) atoms. The molecule has 1 N–H and O–H groups in total. The Hall–Kier alpha value is -0.820. The van der Waals surface area contributed by atoms with Gasteiger partial charge < -0.3 is 5.32 Å². The molecule has 0 saturated heterocycles. The van der Waals surface area contributed by atoms with E-state index in [9.17, 15) is 0 Å². The van der Waals surface area contributed by atoms with Crippen LogP contribution >= 0.6 is 0 Å². The number of hydrogen-bond donors (Lipinski definition) is 1. The second kappa shape index (κ2) is 6.76. The lowest BCUT2D eigenvalue weighted by molar-refractivity contribution is 0.209. The first-order valence-corrected chi connectivity index (χ1v) is 7.99. The highest BCUT2D eigenvalue weighted by atomic mass is 14.9. The van der Waals surface area contributed by atoms with Crippen molar-refractivity contribution in [3.8, 4) is 0 Å². The predicted octanol–water partition coefficient (Wildman–Crippen LogP) is 4.80. The maximum Gasteiger partial charge on any atom is 0.00107 e. The maximum atomic E-state index is 3.53. The first kappa shape index (κ1) is 17.2. The molecule has 0 aliphatic carbocycles. The Morgan fingerprint density at radius 1 is 1.00 bits per heavy atom. The monoisotopic (exact) mass is 275 g/mol. The average molecular weight is 275 g/mol. The molecule has 0 aliphatic heterocycles. The van der Waals surface area contributed by atoms with Gasteiger partial charge in [0.25, 0.3) is 0 Å². The zero-order valence-electron chi connectivity index (χ0n) is 14.5. The lowest BCUT2D eigenvalue weighted by Gasteiger charge is -2.34. The van der Waals surface area contributed by atoms with Crippen LogP contribution in [0.2, 0.25) is 0 Å². The van der Waals surface area contributed by atoms with Gasteiger partial charge in [0.15, 0.2) is 0 Å². The quantitative estimate of drug-likeness (QED) is 0.786. The Morgan fingerprint density at radius 3 is 1.95 bits per heavy atom. The zero-order valence-corrected chi connectivity index (χ0v) is 14.5. The van der Waals surface area contributed by atoms with Gasteiger partial charge in [0.1, 0.15) is 0 Å². The van der Waals surface area contributed by atoms with Crippen molar-refractivity contribution in [2.45, 2.75) is 60.3 Å². The van der Waals surface area contributed by atoms with Gasteiger partial charge in [0.2, 0.25) is 0 Å². The summed E-state index contributed by atoms with van der Waals surface area (Å²) in [7, 11) is 0. The van der Waals surface area contributed by atoms with Crippen molar-refractivity contribution in [3.63, 3.8) is 0 Å². The van der Waals surface area contributed by atoms with Gasteiger partial charge in [-0.05, 0) is 40.8 Å². The molecule has 0 radical (unpaired) electrons. The van der Waals surface area contributed by atoms with Crippen LogP contribution in [-0.4, -0.2) is 13.1 Å². The third kappa shape index (κ3) is 4.63. The zero-order chi connectivity index (χ0) is 15.4. The van der Waals surface area contributed by atoms with E-state index >= 15 is 0 Å². The third-order valence-corrected chi connectivity index (χ3v) is 4.60. The van der Waals surface area contributed by atoms with E-state index in [0.29, 0.717) is 11.3 Å². The van der Waals surface area contributed by atoms with Crippen molar-refractivity contribution in [2.24, 2.45) is 11.3 Å². The summed E-state index contributed by atoms with van der Waals surface area (Å²) in [5.74, 6) is 0.670. The molecule has 1 aromatic carbocycles. The lowest BCUT2D eigenvalue weighted by Crippen LogP contribution is -2.37. The van der Waals surface area contributed by atoms with Gasteiger partial charge in [0.05, 0.1) is 0 Å². The fourth-order valence-corrected chi connectivity index (χ4v) is 2.47. The molecule has 114 valence electrons. The first-order valence-electron chi connectivity index (χ1n) is 7.99. The van der Waals surface area contributed by atoms with E-state index in [4.69, 9.17) is 0 Å². The van der Waals surface area contributed by atoms with Crippen LogP contribution in [0.3, 0.4) is 0 Å². The van der Waals surface area contributed by atoms with Crippen molar-refractivity contribution in [3.05, 3.63) is 35.4 Å². The summed E-state index contributed by atoms with van der Waals surface area (Å²) in [6.07, 6.45) is 1.14. The van der Waals surface area contributed by atoms with Gasteiger partial charge in [-0.1, -0.05) is 72.7 Å². The molecule has 0 spiro atoms. The summed E-state index contributed by atoms with van der Waals surface area (Å²) in [6, 6.07) is 9.22. The summed E-state index contributed by atoms with van der Waals surface area (Å²) in [5, 5.41) is 3.53. The Balaban J connectivity index is 2.84. The highest BCUT2D eigenvalue weighted by Crippen LogP contribution is 2.31. The molecule has 0 bridgehead atoms. The second-order valence-electron chi connectivity index (χ2n) is 7.71. The minimum atomic E-state index is 0.240. The van der Waals surface area contributed by atoms with Crippen LogP contribution in [0.5, 0.6) is 0 Å².